The van der Waals surface area contributed by atoms with Crippen LogP contribution in [0.1, 0.15) is 29.6 Å². The van der Waals surface area contributed by atoms with Gasteiger partial charge in [0, 0.05) is 18.2 Å². The first-order valence-electron chi connectivity index (χ1n) is 6.39. The molecule has 1 saturated heterocycles. The van der Waals surface area contributed by atoms with E-state index in [1.165, 1.54) is 4.90 Å². The molecule has 1 heterocycles. The molecule has 1 aromatic rings. The molecule has 1 N–H and O–H groups in total. The maximum Gasteiger partial charge on any atom is 0.326 e. The monoisotopic (exact) mass is 296 g/mol. The fourth-order valence-electron chi connectivity index (χ4n) is 2.39. The van der Waals surface area contributed by atoms with Gasteiger partial charge in [0.05, 0.1) is 4.92 Å². The minimum atomic E-state index is -1.12. The number of nitrogens with zero attached hydrogens (tertiary/aromatic N) is 2. The molecular weight excluding hydrogens is 283 g/mol. The molecule has 1 atom stereocenters. The highest BCUT2D eigenvalue weighted by Crippen LogP contribution is 2.23. The minimum Gasteiger partial charge on any atom is -0.480 e. The van der Waals surface area contributed by atoms with E-state index >= 15 is 0 Å². The van der Waals surface area contributed by atoms with Gasteiger partial charge in [-0.05, 0) is 31.4 Å². The topological polar surface area (TPSA) is 101 Å². The first-order chi connectivity index (χ1) is 9.91. The average molecular weight is 296 g/mol. The molecule has 0 spiro atoms. The summed E-state index contributed by atoms with van der Waals surface area (Å²) in [7, 11) is 0. The summed E-state index contributed by atoms with van der Waals surface area (Å²) in [6.45, 7) is 0.272. The number of likely N-dealkylation sites (tertiary alicyclic amines) is 1. The second-order valence-electron chi connectivity index (χ2n) is 4.77. The Kier molecular flexibility index (Phi) is 4.15. The average Bonchev–Trinajstić information content (AvgIpc) is 2.45. The maximum absolute atomic E-state index is 13.6. The zero-order valence-corrected chi connectivity index (χ0v) is 11.0. The molecule has 1 aliphatic rings. The van der Waals surface area contributed by atoms with Gasteiger partial charge < -0.3 is 10.0 Å². The number of rotatable bonds is 3. The van der Waals surface area contributed by atoms with Crippen molar-refractivity contribution in [1.29, 1.82) is 0 Å². The Morgan fingerprint density at radius 1 is 1.38 bits per heavy atom. The lowest BCUT2D eigenvalue weighted by molar-refractivity contribution is -0.387. The molecule has 8 heteroatoms. The summed E-state index contributed by atoms with van der Waals surface area (Å²) >= 11 is 0. The van der Waals surface area contributed by atoms with Gasteiger partial charge in [0.15, 0.2) is 0 Å². The number of halogens is 1. The van der Waals surface area contributed by atoms with Gasteiger partial charge in [-0.2, -0.15) is 4.39 Å². The summed E-state index contributed by atoms with van der Waals surface area (Å²) in [4.78, 5) is 34.3. The van der Waals surface area contributed by atoms with Crippen molar-refractivity contribution >= 4 is 17.6 Å². The molecule has 1 aliphatic heterocycles. The van der Waals surface area contributed by atoms with Crippen LogP contribution in [0.3, 0.4) is 0 Å². The number of carbonyl (C=O) groups is 2. The summed E-state index contributed by atoms with van der Waals surface area (Å²) in [5, 5.41) is 19.7. The summed E-state index contributed by atoms with van der Waals surface area (Å²) < 4.78 is 13.6. The summed E-state index contributed by atoms with van der Waals surface area (Å²) in [5.41, 5.74) is -0.814. The lowest BCUT2D eigenvalue weighted by Crippen LogP contribution is -2.48. The van der Waals surface area contributed by atoms with Gasteiger partial charge in [-0.15, -0.1) is 0 Å². The molecule has 1 fully saturated rings. The second-order valence-corrected chi connectivity index (χ2v) is 4.77. The van der Waals surface area contributed by atoms with Crippen LogP contribution in [0, 0.1) is 15.9 Å². The molecule has 0 bridgehead atoms. The highest BCUT2D eigenvalue weighted by atomic mass is 19.1. The molecular formula is C13H13FN2O5. The number of hydrogen-bond donors (Lipinski definition) is 1. The van der Waals surface area contributed by atoms with Gasteiger partial charge in [-0.25, -0.2) is 4.79 Å². The van der Waals surface area contributed by atoms with Gasteiger partial charge in [0.25, 0.3) is 5.91 Å². The molecule has 0 radical (unpaired) electrons. The molecule has 1 amide bonds. The first kappa shape index (κ1) is 14.9. The van der Waals surface area contributed by atoms with Gasteiger partial charge >= 0.3 is 11.7 Å². The van der Waals surface area contributed by atoms with E-state index in [2.05, 4.69) is 0 Å². The number of carboxylic acids is 1. The van der Waals surface area contributed by atoms with Gasteiger partial charge in [0.1, 0.15) is 6.04 Å². The van der Waals surface area contributed by atoms with E-state index in [1.807, 2.05) is 0 Å². The fraction of sp³-hybridized carbons (Fsp3) is 0.385. The van der Waals surface area contributed by atoms with Crippen LogP contribution in [0.4, 0.5) is 10.1 Å². The van der Waals surface area contributed by atoms with Crippen molar-refractivity contribution < 1.29 is 24.0 Å². The van der Waals surface area contributed by atoms with Crippen LogP contribution < -0.4 is 0 Å². The van der Waals surface area contributed by atoms with Gasteiger partial charge in [-0.1, -0.05) is 0 Å². The maximum atomic E-state index is 13.6. The molecule has 112 valence electrons. The van der Waals surface area contributed by atoms with E-state index in [-0.39, 0.29) is 12.1 Å². The van der Waals surface area contributed by atoms with Crippen LogP contribution in [-0.2, 0) is 4.79 Å². The quantitative estimate of drug-likeness (QED) is 0.677. The predicted octanol–water partition coefficient (Wildman–Crippen LogP) is 1.81. The van der Waals surface area contributed by atoms with Crippen LogP contribution in [0.2, 0.25) is 0 Å². The Hall–Kier alpha value is -2.51. The third-order valence-electron chi connectivity index (χ3n) is 3.44. The van der Waals surface area contributed by atoms with Crippen LogP contribution >= 0.6 is 0 Å². The summed E-state index contributed by atoms with van der Waals surface area (Å²) in [6.07, 6.45) is 1.72. The Labute approximate surface area is 119 Å². The lowest BCUT2D eigenvalue weighted by atomic mass is 10.0. The SMILES string of the molecule is O=C(O)[C@@H]1CCCCN1C(=O)c1ccc([N+](=O)[O-])c(F)c1. The van der Waals surface area contributed by atoms with Crippen molar-refractivity contribution in [2.75, 3.05) is 6.54 Å². The number of nitro benzene ring substituents is 1. The standard InChI is InChI=1S/C13H13FN2O5/c14-9-7-8(4-5-10(9)16(20)21)12(17)15-6-2-1-3-11(15)13(18)19/h4-5,7,11H,1-3,6H2,(H,18,19)/t11-/m0/s1. The van der Waals surface area contributed by atoms with Crippen LogP contribution in [0.25, 0.3) is 0 Å². The normalized spacial score (nSPS) is 18.3. The zero-order valence-electron chi connectivity index (χ0n) is 11.0. The Morgan fingerprint density at radius 3 is 2.67 bits per heavy atom. The van der Waals surface area contributed by atoms with Crippen LogP contribution in [0.5, 0.6) is 0 Å². The molecule has 21 heavy (non-hydrogen) atoms. The predicted molar refractivity (Wildman–Crippen MR) is 69.4 cm³/mol. The highest BCUT2D eigenvalue weighted by molar-refractivity contribution is 5.97. The number of amides is 1. The number of nitro groups is 1. The number of carboxylic acid groups (broad SMARTS) is 1. The molecule has 0 unspecified atom stereocenters. The van der Waals surface area contributed by atoms with Crippen molar-refractivity contribution in [2.24, 2.45) is 0 Å². The molecule has 0 aromatic heterocycles. The number of aliphatic carboxylic acids is 1. The molecule has 0 aliphatic carbocycles. The lowest BCUT2D eigenvalue weighted by Gasteiger charge is -2.33. The largest absolute Gasteiger partial charge is 0.480 e. The van der Waals surface area contributed by atoms with Crippen LogP contribution in [-0.4, -0.2) is 39.4 Å². The Morgan fingerprint density at radius 2 is 2.10 bits per heavy atom. The molecule has 2 rings (SSSR count). The summed E-state index contributed by atoms with van der Waals surface area (Å²) in [5.74, 6) is -2.85. The van der Waals surface area contributed by atoms with E-state index in [0.717, 1.165) is 18.2 Å². The van der Waals surface area contributed by atoms with Gasteiger partial charge in [-0.3, -0.25) is 14.9 Å². The smallest absolute Gasteiger partial charge is 0.326 e. The van der Waals surface area contributed by atoms with E-state index in [0.29, 0.717) is 19.3 Å². The third-order valence-corrected chi connectivity index (χ3v) is 3.44. The fourth-order valence-corrected chi connectivity index (χ4v) is 2.39. The number of piperidine rings is 1. The second kappa shape index (κ2) is 5.86. The van der Waals surface area contributed by atoms with Gasteiger partial charge in [0.2, 0.25) is 5.82 Å². The van der Waals surface area contributed by atoms with E-state index in [4.69, 9.17) is 5.11 Å². The number of benzene rings is 1. The number of hydrogen-bond acceptors (Lipinski definition) is 4. The van der Waals surface area contributed by atoms with Crippen molar-refractivity contribution in [3.8, 4) is 0 Å². The highest BCUT2D eigenvalue weighted by Gasteiger charge is 2.33. The van der Waals surface area contributed by atoms with E-state index < -0.39 is 34.3 Å². The van der Waals surface area contributed by atoms with Crippen molar-refractivity contribution in [2.45, 2.75) is 25.3 Å². The van der Waals surface area contributed by atoms with E-state index in [9.17, 15) is 24.1 Å². The molecule has 0 saturated carbocycles. The van der Waals surface area contributed by atoms with Crippen molar-refractivity contribution in [3.63, 3.8) is 0 Å². The first-order valence-corrected chi connectivity index (χ1v) is 6.39. The Balaban J connectivity index is 2.28. The van der Waals surface area contributed by atoms with Crippen molar-refractivity contribution in [3.05, 3.63) is 39.7 Å². The summed E-state index contributed by atoms with van der Waals surface area (Å²) in [6, 6.07) is 1.87. The molecule has 7 nitrogen and oxygen atoms in total. The van der Waals surface area contributed by atoms with Crippen LogP contribution in [0.15, 0.2) is 18.2 Å². The zero-order chi connectivity index (χ0) is 15.6. The van der Waals surface area contributed by atoms with Crippen molar-refractivity contribution in [1.82, 2.24) is 4.90 Å². The third kappa shape index (κ3) is 2.99. The Bertz CT molecular complexity index is 604. The molecule has 1 aromatic carbocycles. The minimum absolute atomic E-state index is 0.0914. The number of carbonyl (C=O) groups excluding carboxylic acids is 1. The van der Waals surface area contributed by atoms with E-state index in [1.54, 1.807) is 0 Å².